The molecule has 0 aliphatic rings. The zero-order valence-corrected chi connectivity index (χ0v) is 14.1. The third-order valence-electron chi connectivity index (χ3n) is 2.94. The van der Waals surface area contributed by atoms with Crippen LogP contribution in [0.5, 0.6) is 0 Å². The van der Waals surface area contributed by atoms with E-state index in [1.165, 1.54) is 0 Å². The Morgan fingerprint density at radius 3 is 2.33 bits per heavy atom. The van der Waals surface area contributed by atoms with E-state index in [9.17, 15) is 0 Å². The normalized spacial score (nSPS) is 10.5. The summed E-state index contributed by atoms with van der Waals surface area (Å²) in [6.07, 6.45) is 0. The maximum absolute atomic E-state index is 6.18. The smallest absolute Gasteiger partial charge is 0.178 e. The predicted octanol–water partition coefficient (Wildman–Crippen LogP) is 5.61. The second-order valence-electron chi connectivity index (χ2n) is 4.85. The number of benzene rings is 2. The Morgan fingerprint density at radius 1 is 1.10 bits per heavy atom. The van der Waals surface area contributed by atoms with Crippen molar-refractivity contribution in [2.24, 2.45) is 0 Å². The summed E-state index contributed by atoms with van der Waals surface area (Å²) in [5, 5.41) is 4.92. The van der Waals surface area contributed by atoms with Crippen LogP contribution in [0.1, 0.15) is 13.8 Å². The lowest BCUT2D eigenvalue weighted by molar-refractivity contribution is 0.811. The van der Waals surface area contributed by atoms with Gasteiger partial charge in [-0.05, 0) is 56.4 Å². The molecule has 1 N–H and O–H groups in total. The Bertz CT molecular complexity index is 629. The maximum atomic E-state index is 6.18. The lowest BCUT2D eigenvalue weighted by Crippen LogP contribution is -2.40. The molecule has 0 aromatic heterocycles. The number of thiocarbonyl (C=S) groups is 1. The Kier molecular flexibility index (Phi) is 5.45. The van der Waals surface area contributed by atoms with Crippen molar-refractivity contribution < 1.29 is 0 Å². The fraction of sp³-hybridized carbons (Fsp3) is 0.188. The van der Waals surface area contributed by atoms with Crippen molar-refractivity contribution in [1.29, 1.82) is 0 Å². The van der Waals surface area contributed by atoms with Gasteiger partial charge in [-0.1, -0.05) is 41.4 Å². The summed E-state index contributed by atoms with van der Waals surface area (Å²) in [4.78, 5) is 2.04. The van der Waals surface area contributed by atoms with E-state index in [1.807, 2.05) is 41.3 Å². The molecule has 0 saturated carbocycles. The molecule has 0 aliphatic carbocycles. The molecule has 0 fully saturated rings. The third-order valence-corrected chi connectivity index (χ3v) is 3.79. The lowest BCUT2D eigenvalue weighted by atomic mass is 10.2. The van der Waals surface area contributed by atoms with Gasteiger partial charge < -0.3 is 10.2 Å². The van der Waals surface area contributed by atoms with Gasteiger partial charge in [0.1, 0.15) is 0 Å². The Hall–Kier alpha value is -1.29. The summed E-state index contributed by atoms with van der Waals surface area (Å²) in [6.45, 7) is 4.18. The zero-order chi connectivity index (χ0) is 15.4. The van der Waals surface area contributed by atoms with Gasteiger partial charge in [0.05, 0.1) is 10.7 Å². The van der Waals surface area contributed by atoms with Crippen LogP contribution in [-0.2, 0) is 0 Å². The van der Waals surface area contributed by atoms with Crippen LogP contribution in [0.4, 0.5) is 11.4 Å². The summed E-state index contributed by atoms with van der Waals surface area (Å²) in [7, 11) is 0. The molecule has 21 heavy (non-hydrogen) atoms. The number of halogens is 2. The lowest BCUT2D eigenvalue weighted by Gasteiger charge is -2.30. The molecule has 0 heterocycles. The molecular weight excluding hydrogens is 323 g/mol. The molecular formula is C16H16Cl2N2S. The standard InChI is InChI=1S/C16H16Cl2N2S/c1-11(2)20(13-6-4-3-5-7-13)16(21)19-15-9-8-12(17)10-14(15)18/h3-11H,1-2H3,(H,19,21). The minimum absolute atomic E-state index is 0.221. The molecule has 110 valence electrons. The van der Waals surface area contributed by atoms with Crippen molar-refractivity contribution in [3.63, 3.8) is 0 Å². The number of rotatable bonds is 3. The minimum atomic E-state index is 0.221. The van der Waals surface area contributed by atoms with Gasteiger partial charge in [0.25, 0.3) is 0 Å². The highest BCUT2D eigenvalue weighted by molar-refractivity contribution is 7.80. The number of hydrogen-bond acceptors (Lipinski definition) is 1. The highest BCUT2D eigenvalue weighted by Crippen LogP contribution is 2.26. The average Bonchev–Trinajstić information content (AvgIpc) is 2.43. The van der Waals surface area contributed by atoms with E-state index < -0.39 is 0 Å². The van der Waals surface area contributed by atoms with Crippen LogP contribution in [0.2, 0.25) is 10.0 Å². The fourth-order valence-electron chi connectivity index (χ4n) is 2.00. The molecule has 0 atom stereocenters. The maximum Gasteiger partial charge on any atom is 0.178 e. The van der Waals surface area contributed by atoms with E-state index in [2.05, 4.69) is 19.2 Å². The molecule has 0 unspecified atom stereocenters. The van der Waals surface area contributed by atoms with Crippen molar-refractivity contribution in [2.45, 2.75) is 19.9 Å². The SMILES string of the molecule is CC(C)N(C(=S)Nc1ccc(Cl)cc1Cl)c1ccccc1. The Morgan fingerprint density at radius 2 is 1.76 bits per heavy atom. The van der Waals surface area contributed by atoms with E-state index in [4.69, 9.17) is 35.4 Å². The third kappa shape index (κ3) is 4.10. The summed E-state index contributed by atoms with van der Waals surface area (Å²) < 4.78 is 0. The van der Waals surface area contributed by atoms with Gasteiger partial charge in [-0.2, -0.15) is 0 Å². The first-order valence-corrected chi connectivity index (χ1v) is 7.76. The van der Waals surface area contributed by atoms with Gasteiger partial charge in [0, 0.05) is 16.8 Å². The van der Waals surface area contributed by atoms with Gasteiger partial charge in [-0.25, -0.2) is 0 Å². The molecule has 0 aliphatic heterocycles. The zero-order valence-electron chi connectivity index (χ0n) is 11.8. The van der Waals surface area contributed by atoms with E-state index in [1.54, 1.807) is 12.1 Å². The van der Waals surface area contributed by atoms with Crippen LogP contribution in [0.3, 0.4) is 0 Å². The number of hydrogen-bond donors (Lipinski definition) is 1. The number of para-hydroxylation sites is 1. The topological polar surface area (TPSA) is 15.3 Å². The average molecular weight is 339 g/mol. The minimum Gasteiger partial charge on any atom is -0.331 e. The highest BCUT2D eigenvalue weighted by atomic mass is 35.5. The first-order valence-electron chi connectivity index (χ1n) is 6.59. The first kappa shape index (κ1) is 16.1. The van der Waals surface area contributed by atoms with Gasteiger partial charge in [-0.15, -0.1) is 0 Å². The second-order valence-corrected chi connectivity index (χ2v) is 6.08. The first-order chi connectivity index (χ1) is 9.99. The van der Waals surface area contributed by atoms with Gasteiger partial charge in [0.2, 0.25) is 0 Å². The second kappa shape index (κ2) is 7.12. The summed E-state index contributed by atoms with van der Waals surface area (Å²) >= 11 is 17.6. The van der Waals surface area contributed by atoms with Crippen molar-refractivity contribution in [1.82, 2.24) is 0 Å². The molecule has 2 aromatic rings. The Balaban J connectivity index is 2.24. The number of nitrogens with zero attached hydrogens (tertiary/aromatic N) is 1. The van der Waals surface area contributed by atoms with Crippen LogP contribution in [-0.4, -0.2) is 11.2 Å². The quantitative estimate of drug-likeness (QED) is 0.732. The van der Waals surface area contributed by atoms with E-state index in [0.717, 1.165) is 11.4 Å². The van der Waals surface area contributed by atoms with Gasteiger partial charge in [-0.3, -0.25) is 0 Å². The summed E-state index contributed by atoms with van der Waals surface area (Å²) in [5.41, 5.74) is 1.78. The summed E-state index contributed by atoms with van der Waals surface area (Å²) in [6, 6.07) is 15.5. The number of nitrogens with one attached hydrogen (secondary N) is 1. The van der Waals surface area contributed by atoms with Crippen molar-refractivity contribution in [3.05, 3.63) is 58.6 Å². The molecule has 0 saturated heterocycles. The molecule has 2 rings (SSSR count). The summed E-state index contributed by atoms with van der Waals surface area (Å²) in [5.74, 6) is 0. The molecule has 5 heteroatoms. The molecule has 2 nitrogen and oxygen atoms in total. The van der Waals surface area contributed by atoms with Crippen molar-refractivity contribution in [2.75, 3.05) is 10.2 Å². The van der Waals surface area contributed by atoms with Crippen LogP contribution < -0.4 is 10.2 Å². The van der Waals surface area contributed by atoms with Crippen LogP contribution in [0.25, 0.3) is 0 Å². The van der Waals surface area contributed by atoms with Crippen molar-refractivity contribution in [3.8, 4) is 0 Å². The molecule has 2 aromatic carbocycles. The van der Waals surface area contributed by atoms with Crippen LogP contribution in [0.15, 0.2) is 48.5 Å². The monoisotopic (exact) mass is 338 g/mol. The fourth-order valence-corrected chi connectivity index (χ4v) is 2.89. The molecule has 0 amide bonds. The molecule has 0 bridgehead atoms. The van der Waals surface area contributed by atoms with Gasteiger partial charge in [0.15, 0.2) is 5.11 Å². The van der Waals surface area contributed by atoms with E-state index >= 15 is 0 Å². The van der Waals surface area contributed by atoms with Crippen LogP contribution >= 0.6 is 35.4 Å². The van der Waals surface area contributed by atoms with E-state index in [0.29, 0.717) is 15.2 Å². The predicted molar refractivity (Wildman–Crippen MR) is 96.7 cm³/mol. The van der Waals surface area contributed by atoms with Gasteiger partial charge >= 0.3 is 0 Å². The number of anilines is 2. The largest absolute Gasteiger partial charge is 0.331 e. The van der Waals surface area contributed by atoms with Crippen molar-refractivity contribution >= 4 is 51.9 Å². The molecule has 0 spiro atoms. The highest BCUT2D eigenvalue weighted by Gasteiger charge is 2.16. The Labute approximate surface area is 140 Å². The van der Waals surface area contributed by atoms with E-state index in [-0.39, 0.29) is 6.04 Å². The van der Waals surface area contributed by atoms with Crippen LogP contribution in [0, 0.1) is 0 Å². The molecule has 0 radical (unpaired) electrons.